The van der Waals surface area contributed by atoms with E-state index < -0.39 is 0 Å². The van der Waals surface area contributed by atoms with Crippen LogP contribution in [0.2, 0.25) is 0 Å². The molecule has 1 aromatic rings. The molecule has 0 aliphatic carbocycles. The molecule has 0 saturated carbocycles. The van der Waals surface area contributed by atoms with Crippen molar-refractivity contribution in [1.82, 2.24) is 5.32 Å². The van der Waals surface area contributed by atoms with Crippen molar-refractivity contribution in [2.45, 2.75) is 46.1 Å². The van der Waals surface area contributed by atoms with Gasteiger partial charge in [0.2, 0.25) is 0 Å². The smallest absolute Gasteiger partial charge is 0.319 e. The van der Waals surface area contributed by atoms with E-state index in [4.69, 9.17) is 5.26 Å². The lowest BCUT2D eigenvalue weighted by molar-refractivity contribution is 0.250. The summed E-state index contributed by atoms with van der Waals surface area (Å²) in [6, 6.07) is 9.84. The second-order valence-electron chi connectivity index (χ2n) is 5.59. The molecule has 0 radical (unpaired) electrons. The molecule has 1 rings (SSSR count). The fourth-order valence-electron chi connectivity index (χ4n) is 2.11. The van der Waals surface area contributed by atoms with E-state index in [2.05, 4.69) is 30.6 Å². The lowest BCUT2D eigenvalue weighted by Crippen LogP contribution is -2.34. The third-order valence-corrected chi connectivity index (χ3v) is 3.11. The van der Waals surface area contributed by atoms with Crippen molar-refractivity contribution in [1.29, 1.82) is 5.26 Å². The van der Waals surface area contributed by atoms with Crippen molar-refractivity contribution in [2.75, 3.05) is 5.32 Å². The minimum atomic E-state index is -0.210. The van der Waals surface area contributed by atoms with Gasteiger partial charge in [0.15, 0.2) is 0 Å². The summed E-state index contributed by atoms with van der Waals surface area (Å²) in [5, 5.41) is 14.5. The molecule has 0 aliphatic heterocycles. The van der Waals surface area contributed by atoms with Crippen LogP contribution in [0.1, 0.15) is 45.6 Å². The Morgan fingerprint density at radius 3 is 2.55 bits per heavy atom. The summed E-state index contributed by atoms with van der Waals surface area (Å²) in [5.41, 5.74) is 1.84. The molecule has 20 heavy (non-hydrogen) atoms. The van der Waals surface area contributed by atoms with E-state index in [0.29, 0.717) is 12.3 Å². The van der Waals surface area contributed by atoms with Crippen molar-refractivity contribution >= 4 is 11.7 Å². The van der Waals surface area contributed by atoms with E-state index in [9.17, 15) is 4.79 Å². The van der Waals surface area contributed by atoms with Crippen LogP contribution in [0.15, 0.2) is 24.3 Å². The molecule has 108 valence electrons. The van der Waals surface area contributed by atoms with Crippen LogP contribution >= 0.6 is 0 Å². The Bertz CT molecular complexity index is 489. The molecule has 1 atom stereocenters. The van der Waals surface area contributed by atoms with Gasteiger partial charge >= 0.3 is 6.03 Å². The van der Waals surface area contributed by atoms with E-state index in [0.717, 1.165) is 11.3 Å². The highest BCUT2D eigenvalue weighted by Gasteiger charge is 2.16. The monoisotopic (exact) mass is 273 g/mol. The molecule has 0 aliphatic rings. The number of urea groups is 1. The molecule has 0 saturated heterocycles. The molecule has 4 nitrogen and oxygen atoms in total. The standard InChI is InChI=1S/C16H23N3O/c1-11(2)15(8-9-17)13-6-5-7-14(10-13)19-16(20)18-12(3)4/h5-7,10-12,15H,8H2,1-4H3,(H2,18,19,20). The Morgan fingerprint density at radius 1 is 1.30 bits per heavy atom. The fraction of sp³-hybridized carbons (Fsp3) is 0.500. The maximum absolute atomic E-state index is 11.7. The molecule has 1 unspecified atom stereocenters. The van der Waals surface area contributed by atoms with Crippen LogP contribution in [0, 0.1) is 17.2 Å². The van der Waals surface area contributed by atoms with E-state index >= 15 is 0 Å². The number of amides is 2. The van der Waals surface area contributed by atoms with Crippen LogP contribution in [0.3, 0.4) is 0 Å². The zero-order chi connectivity index (χ0) is 15.1. The summed E-state index contributed by atoms with van der Waals surface area (Å²) < 4.78 is 0. The van der Waals surface area contributed by atoms with E-state index in [-0.39, 0.29) is 18.0 Å². The second-order valence-corrected chi connectivity index (χ2v) is 5.59. The SMILES string of the molecule is CC(C)NC(=O)Nc1cccc(C(CC#N)C(C)C)c1. The molecular weight excluding hydrogens is 250 g/mol. The maximum Gasteiger partial charge on any atom is 0.319 e. The van der Waals surface area contributed by atoms with Gasteiger partial charge in [0.1, 0.15) is 0 Å². The first-order valence-corrected chi connectivity index (χ1v) is 6.98. The number of carbonyl (C=O) groups is 1. The van der Waals surface area contributed by atoms with Crippen LogP contribution in [0.4, 0.5) is 10.5 Å². The summed E-state index contributed by atoms with van der Waals surface area (Å²) in [6.07, 6.45) is 0.485. The zero-order valence-corrected chi connectivity index (χ0v) is 12.6. The average molecular weight is 273 g/mol. The first-order valence-electron chi connectivity index (χ1n) is 6.98. The first kappa shape index (κ1) is 16.0. The number of nitriles is 1. The van der Waals surface area contributed by atoms with Gasteiger partial charge in [-0.2, -0.15) is 5.26 Å². The van der Waals surface area contributed by atoms with Crippen LogP contribution < -0.4 is 10.6 Å². The lowest BCUT2D eigenvalue weighted by Gasteiger charge is -2.19. The number of hydrogen-bond acceptors (Lipinski definition) is 2. The van der Waals surface area contributed by atoms with Crippen molar-refractivity contribution in [3.8, 4) is 6.07 Å². The molecule has 4 heteroatoms. The van der Waals surface area contributed by atoms with Gasteiger partial charge in [-0.25, -0.2) is 4.79 Å². The molecule has 0 fully saturated rings. The van der Waals surface area contributed by atoms with E-state index in [1.54, 1.807) is 0 Å². The summed E-state index contributed by atoms with van der Waals surface area (Å²) in [5.74, 6) is 0.573. The van der Waals surface area contributed by atoms with Crippen LogP contribution in [-0.4, -0.2) is 12.1 Å². The summed E-state index contributed by atoms with van der Waals surface area (Å²) in [6.45, 7) is 8.04. The Kier molecular flexibility index (Phi) is 6.05. The van der Waals surface area contributed by atoms with Crippen LogP contribution in [0.5, 0.6) is 0 Å². The highest BCUT2D eigenvalue weighted by Crippen LogP contribution is 2.29. The van der Waals surface area contributed by atoms with Gasteiger partial charge in [0, 0.05) is 18.2 Å². The summed E-state index contributed by atoms with van der Waals surface area (Å²) in [7, 11) is 0. The molecule has 0 spiro atoms. The van der Waals surface area contributed by atoms with Crippen molar-refractivity contribution in [3.05, 3.63) is 29.8 Å². The third-order valence-electron chi connectivity index (χ3n) is 3.11. The minimum absolute atomic E-state index is 0.0974. The maximum atomic E-state index is 11.7. The molecule has 0 aromatic heterocycles. The summed E-state index contributed by atoms with van der Waals surface area (Å²) >= 11 is 0. The first-order chi connectivity index (χ1) is 9.43. The largest absolute Gasteiger partial charge is 0.336 e. The lowest BCUT2D eigenvalue weighted by atomic mass is 9.86. The molecular formula is C16H23N3O. The number of anilines is 1. The highest BCUT2D eigenvalue weighted by molar-refractivity contribution is 5.89. The normalized spacial score (nSPS) is 12.1. The van der Waals surface area contributed by atoms with Crippen LogP contribution in [-0.2, 0) is 0 Å². The minimum Gasteiger partial charge on any atom is -0.336 e. The van der Waals surface area contributed by atoms with Gasteiger partial charge in [0.05, 0.1) is 6.07 Å². The average Bonchev–Trinajstić information content (AvgIpc) is 2.34. The van der Waals surface area contributed by atoms with Gasteiger partial charge in [-0.3, -0.25) is 0 Å². The number of hydrogen-bond donors (Lipinski definition) is 2. The molecule has 0 heterocycles. The fourth-order valence-corrected chi connectivity index (χ4v) is 2.11. The number of nitrogens with zero attached hydrogens (tertiary/aromatic N) is 1. The van der Waals surface area contributed by atoms with Gasteiger partial charge in [0.25, 0.3) is 0 Å². The molecule has 2 N–H and O–H groups in total. The van der Waals surface area contributed by atoms with E-state index in [1.807, 2.05) is 38.1 Å². The Morgan fingerprint density at radius 2 is 2.00 bits per heavy atom. The van der Waals surface area contributed by atoms with E-state index in [1.165, 1.54) is 0 Å². The second kappa shape index (κ2) is 7.54. The molecule has 1 aromatic carbocycles. The third kappa shape index (κ3) is 4.93. The van der Waals surface area contributed by atoms with Gasteiger partial charge in [-0.15, -0.1) is 0 Å². The number of nitrogens with one attached hydrogen (secondary N) is 2. The highest BCUT2D eigenvalue weighted by atomic mass is 16.2. The topological polar surface area (TPSA) is 64.9 Å². The predicted molar refractivity (Wildman–Crippen MR) is 81.5 cm³/mol. The quantitative estimate of drug-likeness (QED) is 0.855. The Balaban J connectivity index is 2.84. The van der Waals surface area contributed by atoms with Gasteiger partial charge in [-0.1, -0.05) is 26.0 Å². The number of rotatable bonds is 5. The Hall–Kier alpha value is -2.02. The van der Waals surface area contributed by atoms with Gasteiger partial charge < -0.3 is 10.6 Å². The summed E-state index contributed by atoms with van der Waals surface area (Å²) in [4.78, 5) is 11.7. The zero-order valence-electron chi connectivity index (χ0n) is 12.6. The number of benzene rings is 1. The predicted octanol–water partition coefficient (Wildman–Crippen LogP) is 3.87. The van der Waals surface area contributed by atoms with Gasteiger partial charge in [-0.05, 0) is 43.4 Å². The van der Waals surface area contributed by atoms with Crippen molar-refractivity contribution in [3.63, 3.8) is 0 Å². The molecule has 2 amide bonds. The van der Waals surface area contributed by atoms with Crippen molar-refractivity contribution in [2.24, 2.45) is 5.92 Å². The molecule has 0 bridgehead atoms. The van der Waals surface area contributed by atoms with Crippen LogP contribution in [0.25, 0.3) is 0 Å². The number of carbonyl (C=O) groups excluding carboxylic acids is 1. The van der Waals surface area contributed by atoms with Crippen molar-refractivity contribution < 1.29 is 4.79 Å². The Labute approximate surface area is 121 Å².